The molecular formula is C76H80N14O12. The third-order valence-corrected chi connectivity index (χ3v) is 18.9. The fourth-order valence-electron chi connectivity index (χ4n) is 13.6. The van der Waals surface area contributed by atoms with Gasteiger partial charge in [-0.15, -0.1) is 0 Å². The number of fused-ring (bicyclic) bond motifs is 6. The molecule has 26 heteroatoms. The smallest absolute Gasteiger partial charge is 0.407 e. The summed E-state index contributed by atoms with van der Waals surface area (Å²) in [5.74, 6) is 9.76. The Morgan fingerprint density at radius 2 is 0.833 bits per heavy atom. The maximum atomic E-state index is 14.9. The summed E-state index contributed by atoms with van der Waals surface area (Å²) in [5.41, 5.74) is 8.43. The van der Waals surface area contributed by atoms with E-state index < -0.39 is 84.3 Å². The van der Waals surface area contributed by atoms with Crippen LogP contribution in [0.4, 0.5) is 9.59 Å². The number of tetrazole rings is 2. The van der Waals surface area contributed by atoms with Crippen LogP contribution in [0.2, 0.25) is 0 Å². The molecule has 4 aliphatic rings. The highest BCUT2D eigenvalue weighted by atomic mass is 16.6. The van der Waals surface area contributed by atoms with Gasteiger partial charge in [0, 0.05) is 24.9 Å². The fraction of sp³-hybridized carbons (Fsp3) is 0.368. The molecule has 526 valence electrons. The van der Waals surface area contributed by atoms with E-state index >= 15 is 0 Å². The number of rotatable bonds is 28. The van der Waals surface area contributed by atoms with E-state index in [1.165, 1.54) is 9.36 Å². The monoisotopic (exact) mass is 1380 g/mol. The Morgan fingerprint density at radius 3 is 1.20 bits per heavy atom. The molecule has 8 aromatic rings. The number of carbonyl (C=O) groups is 6. The van der Waals surface area contributed by atoms with E-state index in [4.69, 9.17) is 28.4 Å². The van der Waals surface area contributed by atoms with E-state index in [2.05, 4.69) is 76.0 Å². The molecule has 6 aromatic carbocycles. The maximum absolute atomic E-state index is 14.9. The van der Waals surface area contributed by atoms with Gasteiger partial charge in [-0.25, -0.2) is 9.59 Å². The summed E-state index contributed by atoms with van der Waals surface area (Å²) in [6, 6.07) is 44.8. The molecule has 2 aromatic heterocycles. The first kappa shape index (κ1) is 70.4. The zero-order valence-corrected chi connectivity index (χ0v) is 57.1. The number of amides is 6. The van der Waals surface area contributed by atoms with Crippen LogP contribution in [0.25, 0.3) is 22.3 Å². The highest BCUT2D eigenvalue weighted by Gasteiger charge is 2.42. The highest BCUT2D eigenvalue weighted by Crippen LogP contribution is 2.46. The Morgan fingerprint density at radius 1 is 0.480 bits per heavy atom. The van der Waals surface area contributed by atoms with Crippen LogP contribution in [0.15, 0.2) is 158 Å². The lowest BCUT2D eigenvalue weighted by molar-refractivity contribution is -0.142. The number of hydrogen-bond donors (Lipinski definition) is 4. The number of carbonyl (C=O) groups excluding carboxylic acids is 6. The van der Waals surface area contributed by atoms with Crippen molar-refractivity contribution < 1.29 is 57.2 Å². The van der Waals surface area contributed by atoms with Crippen molar-refractivity contribution in [2.24, 2.45) is 0 Å². The third-order valence-electron chi connectivity index (χ3n) is 18.9. The van der Waals surface area contributed by atoms with Crippen LogP contribution >= 0.6 is 0 Å². The van der Waals surface area contributed by atoms with Crippen LogP contribution in [-0.4, -0.2) is 174 Å². The van der Waals surface area contributed by atoms with E-state index in [-0.39, 0.29) is 76.2 Å². The van der Waals surface area contributed by atoms with E-state index in [0.29, 0.717) is 50.3 Å². The van der Waals surface area contributed by atoms with Gasteiger partial charge in [-0.1, -0.05) is 169 Å². The summed E-state index contributed by atoms with van der Waals surface area (Å²) >= 11 is 0. The molecule has 26 nitrogen and oxygen atoms in total. The second-order valence-corrected chi connectivity index (χ2v) is 25.2. The second kappa shape index (κ2) is 33.6. The summed E-state index contributed by atoms with van der Waals surface area (Å²) in [4.78, 5) is 89.1. The number of alkyl carbamates (subject to hydrolysis) is 2. The molecule has 0 spiro atoms. The van der Waals surface area contributed by atoms with E-state index in [0.717, 1.165) is 44.5 Å². The predicted octanol–water partition coefficient (Wildman–Crippen LogP) is 8.35. The summed E-state index contributed by atoms with van der Waals surface area (Å²) < 4.78 is 39.0. The molecule has 0 unspecified atom stereocenters. The minimum absolute atomic E-state index is 0.0331. The van der Waals surface area contributed by atoms with Crippen molar-refractivity contribution in [1.29, 1.82) is 0 Å². The number of hydrogen-bond acceptors (Lipinski definition) is 18. The van der Waals surface area contributed by atoms with Gasteiger partial charge in [0.15, 0.2) is 0 Å². The minimum atomic E-state index is -1.26. The van der Waals surface area contributed by atoms with Gasteiger partial charge in [0.25, 0.3) is 0 Å². The molecule has 6 amide bonds. The van der Waals surface area contributed by atoms with Gasteiger partial charge >= 0.3 is 24.2 Å². The molecular weight excluding hydrogens is 1300 g/mol. The SMILES string of the molecule is CC[C@H](NC(=O)OCC1c2ccccc2-c2ccccc21)C(=O)N[C@H](C(=O)N1CCC[C@H]1Cn1nnnc1Oc1ccccc1)[C@@H](C)OCC#CC#CCO[C@H](C)[C@H](NC(=O)[C@H](CC)NC(=O)OCC1c2ccccc2-c2ccccc21)C(=O)N1CCC[C@H]1Cn1nnnc1Oc1ccccc1. The summed E-state index contributed by atoms with van der Waals surface area (Å²) in [6.45, 7) is 7.50. The van der Waals surface area contributed by atoms with E-state index in [1.807, 2.05) is 133 Å². The van der Waals surface area contributed by atoms with Crippen molar-refractivity contribution in [3.8, 4) is 69.5 Å². The summed E-state index contributed by atoms with van der Waals surface area (Å²) in [7, 11) is 0. The number of benzene rings is 6. The lowest BCUT2D eigenvalue weighted by atomic mass is 9.98. The molecule has 2 saturated heterocycles. The quantitative estimate of drug-likeness (QED) is 0.0335. The predicted molar refractivity (Wildman–Crippen MR) is 373 cm³/mol. The van der Waals surface area contributed by atoms with Gasteiger partial charge in [-0.2, -0.15) is 9.36 Å². The highest BCUT2D eigenvalue weighted by molar-refractivity contribution is 5.93. The van der Waals surface area contributed by atoms with Gasteiger partial charge < -0.3 is 59.5 Å². The van der Waals surface area contributed by atoms with Crippen molar-refractivity contribution in [2.45, 2.75) is 140 Å². The lowest BCUT2D eigenvalue weighted by Crippen LogP contribution is -2.59. The summed E-state index contributed by atoms with van der Waals surface area (Å²) in [5, 5.41) is 35.4. The van der Waals surface area contributed by atoms with Gasteiger partial charge in [0.05, 0.1) is 37.4 Å². The Labute approximate surface area is 590 Å². The van der Waals surface area contributed by atoms with Gasteiger partial charge in [0.2, 0.25) is 23.6 Å². The van der Waals surface area contributed by atoms with Crippen LogP contribution in [0.3, 0.4) is 0 Å². The zero-order valence-electron chi connectivity index (χ0n) is 57.1. The molecule has 8 atom stereocenters. The molecule has 2 aliphatic carbocycles. The zero-order chi connectivity index (χ0) is 70.9. The number of likely N-dealkylation sites (tertiary alicyclic amines) is 2. The maximum Gasteiger partial charge on any atom is 0.407 e. The number of ether oxygens (including phenoxy) is 6. The molecule has 0 bridgehead atoms. The van der Waals surface area contributed by atoms with Crippen molar-refractivity contribution >= 4 is 35.8 Å². The van der Waals surface area contributed by atoms with Gasteiger partial charge in [0.1, 0.15) is 62.1 Å². The lowest BCUT2D eigenvalue weighted by Gasteiger charge is -2.32. The van der Waals surface area contributed by atoms with Crippen molar-refractivity contribution in [3.05, 3.63) is 180 Å². The van der Waals surface area contributed by atoms with Gasteiger partial charge in [-0.05, 0) is 154 Å². The molecule has 4 N–H and O–H groups in total. The average molecular weight is 1380 g/mol. The van der Waals surface area contributed by atoms with Crippen molar-refractivity contribution in [1.82, 2.24) is 71.5 Å². The number of nitrogens with zero attached hydrogens (tertiary/aromatic N) is 10. The molecule has 2 fully saturated rings. The summed E-state index contributed by atoms with van der Waals surface area (Å²) in [6.07, 6.45) is -0.689. The molecule has 4 heterocycles. The normalized spacial score (nSPS) is 16.7. The number of aromatic nitrogens is 8. The largest absolute Gasteiger partial charge is 0.449 e. The van der Waals surface area contributed by atoms with E-state index in [1.54, 1.807) is 61.8 Å². The van der Waals surface area contributed by atoms with Crippen molar-refractivity contribution in [3.63, 3.8) is 0 Å². The molecule has 102 heavy (non-hydrogen) atoms. The third kappa shape index (κ3) is 16.7. The standard InChI is InChI=1S/C76H80N14O12/c1-5-65(77-75(95)99-47-63-59-37-19-15-33-55(59)56-34-16-20-38-60(56)63)69(91)79-67(71(93)87-41-25-27-51(87)45-89-73(81-83-85-89)101-53-29-11-9-12-30-53)49(3)97-43-23-7-8-24-44-98-50(4)68(72(94)88-42-26-28-52(88)46-90-74(82-84-86-90)102-54-31-13-10-14-32-54)80-70(92)66(6-2)78-76(96)100-48-64-61-39-21-17-35-57(61)58-36-18-22-40-62(58)64/h9-22,29-40,49-52,63-68H,5-6,25-28,41-48H2,1-4H3,(H,77,95)(H,78,96)(H,79,91)(H,80,92)/t49-,50-,51+,52+,65+,66+,67+,68+/m1/s1. The van der Waals surface area contributed by atoms with Crippen LogP contribution in [0.5, 0.6) is 23.5 Å². The van der Waals surface area contributed by atoms with Crippen LogP contribution in [-0.2, 0) is 51.2 Å². The fourth-order valence-corrected chi connectivity index (χ4v) is 13.6. The molecule has 0 radical (unpaired) electrons. The Balaban J connectivity index is 0.699. The van der Waals surface area contributed by atoms with Crippen LogP contribution < -0.4 is 30.7 Å². The number of para-hydroxylation sites is 2. The first-order valence-electron chi connectivity index (χ1n) is 34.5. The van der Waals surface area contributed by atoms with E-state index in [9.17, 15) is 28.8 Å². The van der Waals surface area contributed by atoms with Crippen LogP contribution in [0, 0.1) is 23.7 Å². The molecule has 12 rings (SSSR count). The van der Waals surface area contributed by atoms with Crippen molar-refractivity contribution in [2.75, 3.05) is 39.5 Å². The Hall–Kier alpha value is -11.5. The first-order chi connectivity index (χ1) is 49.8. The molecule has 2 aliphatic heterocycles. The van der Waals surface area contributed by atoms with Gasteiger partial charge in [-0.3, -0.25) is 19.2 Å². The molecule has 0 saturated carbocycles. The topological polar surface area (TPSA) is 300 Å². The number of nitrogens with one attached hydrogen (secondary N) is 4. The Kier molecular flexibility index (Phi) is 23.2. The first-order valence-corrected chi connectivity index (χ1v) is 34.5. The minimum Gasteiger partial charge on any atom is -0.449 e. The van der Waals surface area contributed by atoms with Crippen LogP contribution in [0.1, 0.15) is 100 Å². The Bertz CT molecular complexity index is 4030. The average Bonchev–Trinajstić information content (AvgIpc) is 1.62. The second-order valence-electron chi connectivity index (χ2n) is 25.2.